The minimum atomic E-state index is -5.08. The van der Waals surface area contributed by atoms with Crippen LogP contribution in [0, 0.1) is 11.3 Å². The Kier molecular flexibility index (Phi) is 5.11. The van der Waals surface area contributed by atoms with Crippen molar-refractivity contribution in [3.8, 4) is 0 Å². The van der Waals surface area contributed by atoms with Gasteiger partial charge in [-0.25, -0.2) is 4.79 Å². The molecule has 0 radical (unpaired) electrons. The maximum Gasteiger partial charge on any atom is 0.490 e. The third-order valence-corrected chi connectivity index (χ3v) is 4.22. The van der Waals surface area contributed by atoms with Crippen molar-refractivity contribution in [2.75, 3.05) is 45.9 Å². The maximum absolute atomic E-state index is 10.6. The number of carboxylic acids is 1. The Morgan fingerprint density at radius 2 is 1.81 bits per heavy atom. The van der Waals surface area contributed by atoms with Gasteiger partial charge >= 0.3 is 12.1 Å². The van der Waals surface area contributed by atoms with Gasteiger partial charge in [0.15, 0.2) is 0 Å². The largest absolute Gasteiger partial charge is 0.490 e. The SMILES string of the molecule is C1CC(CN2CC3(CNC3)C2)CCO1.O=C(O)C(F)(F)F. The van der Waals surface area contributed by atoms with Crippen LogP contribution >= 0.6 is 0 Å². The molecule has 1 spiro atoms. The van der Waals surface area contributed by atoms with E-state index in [2.05, 4.69) is 10.2 Å². The average Bonchev–Trinajstić information content (AvgIpc) is 2.32. The Bertz CT molecular complexity index is 358. The first-order valence-electron chi connectivity index (χ1n) is 7.12. The van der Waals surface area contributed by atoms with E-state index >= 15 is 0 Å². The van der Waals surface area contributed by atoms with Gasteiger partial charge in [-0.3, -0.25) is 0 Å². The van der Waals surface area contributed by atoms with Crippen molar-refractivity contribution in [3.63, 3.8) is 0 Å². The second kappa shape index (κ2) is 6.50. The molecular weight excluding hydrogens is 289 g/mol. The lowest BCUT2D eigenvalue weighted by molar-refractivity contribution is -0.192. The van der Waals surface area contributed by atoms with Gasteiger partial charge < -0.3 is 20.1 Å². The molecule has 2 N–H and O–H groups in total. The van der Waals surface area contributed by atoms with Crippen molar-refractivity contribution in [1.82, 2.24) is 10.2 Å². The normalized spacial score (nSPS) is 25.5. The fourth-order valence-corrected chi connectivity index (χ4v) is 3.03. The minimum absolute atomic E-state index is 0.700. The highest BCUT2D eigenvalue weighted by molar-refractivity contribution is 5.73. The molecule has 8 heteroatoms. The first-order valence-corrected chi connectivity index (χ1v) is 7.12. The lowest BCUT2D eigenvalue weighted by atomic mass is 9.74. The summed E-state index contributed by atoms with van der Waals surface area (Å²) in [5.41, 5.74) is 0.700. The number of halogens is 3. The predicted molar refractivity (Wildman–Crippen MR) is 69.0 cm³/mol. The van der Waals surface area contributed by atoms with Crippen LogP contribution in [0.5, 0.6) is 0 Å². The van der Waals surface area contributed by atoms with E-state index in [0.717, 1.165) is 19.1 Å². The van der Waals surface area contributed by atoms with E-state index in [1.54, 1.807) is 0 Å². The van der Waals surface area contributed by atoms with Gasteiger partial charge in [0.1, 0.15) is 0 Å². The van der Waals surface area contributed by atoms with E-state index in [1.165, 1.54) is 45.6 Å². The maximum atomic E-state index is 10.6. The molecule has 0 bridgehead atoms. The predicted octanol–water partition coefficient (Wildman–Crippen LogP) is 0.952. The summed E-state index contributed by atoms with van der Waals surface area (Å²) in [7, 11) is 0. The van der Waals surface area contributed by atoms with Crippen molar-refractivity contribution in [2.45, 2.75) is 19.0 Å². The average molecular weight is 310 g/mol. The molecule has 5 nitrogen and oxygen atoms in total. The van der Waals surface area contributed by atoms with Gasteiger partial charge in [-0.15, -0.1) is 0 Å². The number of rotatable bonds is 2. The van der Waals surface area contributed by atoms with Crippen molar-refractivity contribution in [2.24, 2.45) is 11.3 Å². The summed E-state index contributed by atoms with van der Waals surface area (Å²) >= 11 is 0. The zero-order valence-corrected chi connectivity index (χ0v) is 11.8. The lowest BCUT2D eigenvalue weighted by Gasteiger charge is -2.57. The van der Waals surface area contributed by atoms with Gasteiger partial charge in [0.25, 0.3) is 0 Å². The Balaban J connectivity index is 0.000000199. The molecule has 3 aliphatic heterocycles. The fraction of sp³-hybridized carbons (Fsp3) is 0.923. The summed E-state index contributed by atoms with van der Waals surface area (Å²) in [6.45, 7) is 8.52. The number of carbonyl (C=O) groups is 1. The summed E-state index contributed by atoms with van der Waals surface area (Å²) in [4.78, 5) is 11.5. The van der Waals surface area contributed by atoms with Gasteiger partial charge in [-0.2, -0.15) is 13.2 Å². The van der Waals surface area contributed by atoms with E-state index in [9.17, 15) is 13.2 Å². The van der Waals surface area contributed by atoms with Crippen molar-refractivity contribution < 1.29 is 27.8 Å². The van der Waals surface area contributed by atoms with E-state index in [0.29, 0.717) is 5.41 Å². The molecule has 0 unspecified atom stereocenters. The van der Waals surface area contributed by atoms with Crippen LogP contribution in [0.1, 0.15) is 12.8 Å². The third kappa shape index (κ3) is 4.55. The van der Waals surface area contributed by atoms with Crippen LogP contribution in [0.4, 0.5) is 13.2 Å². The monoisotopic (exact) mass is 310 g/mol. The second-order valence-corrected chi connectivity index (χ2v) is 6.13. The minimum Gasteiger partial charge on any atom is -0.475 e. The van der Waals surface area contributed by atoms with Crippen LogP contribution in [0.25, 0.3) is 0 Å². The number of hydrogen-bond donors (Lipinski definition) is 2. The molecule has 122 valence electrons. The molecule has 0 aromatic heterocycles. The van der Waals surface area contributed by atoms with Crippen LogP contribution < -0.4 is 5.32 Å². The first-order chi connectivity index (χ1) is 9.81. The number of nitrogens with one attached hydrogen (secondary N) is 1. The molecular formula is C13H21F3N2O3. The standard InChI is InChI=1S/C11H20N2O.C2HF3O2/c1-3-14-4-2-10(1)5-13-8-11(9-13)6-12-7-11;3-2(4,5)1(6)7/h10,12H,1-9H2;(H,6,7). The number of nitrogens with zero attached hydrogens (tertiary/aromatic N) is 1. The van der Waals surface area contributed by atoms with Crippen LogP contribution in [-0.4, -0.2) is 68.1 Å². The molecule has 3 fully saturated rings. The zero-order valence-electron chi connectivity index (χ0n) is 11.8. The molecule has 3 aliphatic rings. The van der Waals surface area contributed by atoms with Crippen LogP contribution in [-0.2, 0) is 9.53 Å². The number of carboxylic acid groups (broad SMARTS) is 1. The Morgan fingerprint density at radius 1 is 1.29 bits per heavy atom. The van der Waals surface area contributed by atoms with E-state index < -0.39 is 12.1 Å². The molecule has 3 heterocycles. The van der Waals surface area contributed by atoms with Gasteiger partial charge in [-0.05, 0) is 18.8 Å². The number of alkyl halides is 3. The van der Waals surface area contributed by atoms with Crippen LogP contribution in [0.15, 0.2) is 0 Å². The Morgan fingerprint density at radius 3 is 2.19 bits per heavy atom. The van der Waals surface area contributed by atoms with E-state index in [-0.39, 0.29) is 0 Å². The summed E-state index contributed by atoms with van der Waals surface area (Å²) < 4.78 is 37.1. The molecule has 3 rings (SSSR count). The van der Waals surface area contributed by atoms with Gasteiger partial charge in [0, 0.05) is 51.4 Å². The fourth-order valence-electron chi connectivity index (χ4n) is 3.03. The van der Waals surface area contributed by atoms with Crippen molar-refractivity contribution in [3.05, 3.63) is 0 Å². The zero-order chi connectivity index (χ0) is 15.5. The lowest BCUT2D eigenvalue weighted by Crippen LogP contribution is -2.71. The topological polar surface area (TPSA) is 61.8 Å². The molecule has 0 atom stereocenters. The highest BCUT2D eigenvalue weighted by atomic mass is 19.4. The number of ether oxygens (including phenoxy) is 1. The summed E-state index contributed by atoms with van der Waals surface area (Å²) in [5.74, 6) is -1.85. The molecule has 0 aromatic rings. The summed E-state index contributed by atoms with van der Waals surface area (Å²) in [6.07, 6.45) is -2.52. The summed E-state index contributed by atoms with van der Waals surface area (Å²) in [5, 5.41) is 10.5. The van der Waals surface area contributed by atoms with Crippen molar-refractivity contribution in [1.29, 1.82) is 0 Å². The highest BCUT2D eigenvalue weighted by Crippen LogP contribution is 2.35. The quantitative estimate of drug-likeness (QED) is 0.795. The Hall–Kier alpha value is -0.860. The molecule has 21 heavy (non-hydrogen) atoms. The van der Waals surface area contributed by atoms with E-state index in [1.807, 2.05) is 0 Å². The third-order valence-electron chi connectivity index (χ3n) is 4.22. The van der Waals surface area contributed by atoms with E-state index in [4.69, 9.17) is 14.6 Å². The van der Waals surface area contributed by atoms with Crippen LogP contribution in [0.3, 0.4) is 0 Å². The highest BCUT2D eigenvalue weighted by Gasteiger charge is 2.47. The van der Waals surface area contributed by atoms with Gasteiger partial charge in [0.05, 0.1) is 0 Å². The number of hydrogen-bond acceptors (Lipinski definition) is 4. The molecule has 0 aliphatic carbocycles. The van der Waals surface area contributed by atoms with Gasteiger partial charge in [-0.1, -0.05) is 0 Å². The van der Waals surface area contributed by atoms with Crippen molar-refractivity contribution >= 4 is 5.97 Å². The number of likely N-dealkylation sites (tertiary alicyclic amines) is 1. The molecule has 0 saturated carbocycles. The number of aliphatic carboxylic acids is 1. The first kappa shape index (κ1) is 16.5. The van der Waals surface area contributed by atoms with Gasteiger partial charge in [0.2, 0.25) is 0 Å². The summed E-state index contributed by atoms with van der Waals surface area (Å²) in [6, 6.07) is 0. The Labute approximate surface area is 121 Å². The second-order valence-electron chi connectivity index (χ2n) is 6.13. The molecule has 0 aromatic carbocycles. The molecule has 0 amide bonds. The molecule has 3 saturated heterocycles. The smallest absolute Gasteiger partial charge is 0.475 e. The van der Waals surface area contributed by atoms with Crippen LogP contribution in [0.2, 0.25) is 0 Å².